The SMILES string of the molecule is Cc1ccc2[nH]c3c4c(O)ccc(O)c4c4c(c3c2c1)C(=O)NC4=O. The van der Waals surface area contributed by atoms with Crippen LogP contribution in [0, 0.1) is 6.92 Å². The maximum absolute atomic E-state index is 12.5. The normalized spacial score (nSPS) is 13.8. The molecular formula is C19H12N2O4. The summed E-state index contributed by atoms with van der Waals surface area (Å²) < 4.78 is 0. The predicted molar refractivity (Wildman–Crippen MR) is 93.2 cm³/mol. The maximum atomic E-state index is 12.5. The number of carbonyl (C=O) groups excluding carboxylic acids is 2. The zero-order chi connectivity index (χ0) is 17.5. The summed E-state index contributed by atoms with van der Waals surface area (Å²) in [6.45, 7) is 1.94. The number of aromatic hydroxyl groups is 2. The largest absolute Gasteiger partial charge is 0.507 e. The summed E-state index contributed by atoms with van der Waals surface area (Å²) in [6.07, 6.45) is 0. The first kappa shape index (κ1) is 13.9. The number of rotatable bonds is 0. The van der Waals surface area contributed by atoms with Gasteiger partial charge in [0.2, 0.25) is 0 Å². The highest BCUT2D eigenvalue weighted by Gasteiger charge is 2.35. The molecule has 2 amide bonds. The molecule has 4 N–H and O–H groups in total. The van der Waals surface area contributed by atoms with Crippen molar-refractivity contribution in [1.29, 1.82) is 0 Å². The van der Waals surface area contributed by atoms with Crippen LogP contribution in [0.5, 0.6) is 11.5 Å². The van der Waals surface area contributed by atoms with Crippen LogP contribution in [-0.4, -0.2) is 27.0 Å². The Labute approximate surface area is 140 Å². The van der Waals surface area contributed by atoms with Gasteiger partial charge in [0.1, 0.15) is 11.5 Å². The molecule has 0 aliphatic carbocycles. The van der Waals surface area contributed by atoms with Crippen molar-refractivity contribution in [3.8, 4) is 11.5 Å². The lowest BCUT2D eigenvalue weighted by atomic mass is 9.93. The molecule has 1 aliphatic rings. The molecule has 0 saturated carbocycles. The van der Waals surface area contributed by atoms with E-state index in [9.17, 15) is 19.8 Å². The molecule has 4 aromatic rings. The molecule has 0 saturated heterocycles. The molecule has 122 valence electrons. The zero-order valence-corrected chi connectivity index (χ0v) is 13.1. The van der Waals surface area contributed by atoms with Gasteiger partial charge in [-0.05, 0) is 31.2 Å². The Morgan fingerprint density at radius 1 is 0.840 bits per heavy atom. The molecule has 6 heteroatoms. The minimum Gasteiger partial charge on any atom is -0.507 e. The van der Waals surface area contributed by atoms with E-state index in [1.165, 1.54) is 12.1 Å². The van der Waals surface area contributed by atoms with E-state index in [-0.39, 0.29) is 28.0 Å². The molecule has 0 spiro atoms. The summed E-state index contributed by atoms with van der Waals surface area (Å²) in [6, 6.07) is 8.43. The molecule has 0 radical (unpaired) electrons. The van der Waals surface area contributed by atoms with E-state index in [0.29, 0.717) is 16.3 Å². The van der Waals surface area contributed by atoms with Gasteiger partial charge < -0.3 is 15.2 Å². The minimum atomic E-state index is -0.574. The van der Waals surface area contributed by atoms with Crippen LogP contribution >= 0.6 is 0 Å². The summed E-state index contributed by atoms with van der Waals surface area (Å²) in [5.74, 6) is -1.31. The third-order valence-electron chi connectivity index (χ3n) is 4.80. The van der Waals surface area contributed by atoms with Crippen molar-refractivity contribution >= 4 is 44.4 Å². The van der Waals surface area contributed by atoms with Gasteiger partial charge in [-0.25, -0.2) is 0 Å². The maximum Gasteiger partial charge on any atom is 0.259 e. The van der Waals surface area contributed by atoms with Crippen molar-refractivity contribution in [2.24, 2.45) is 0 Å². The zero-order valence-electron chi connectivity index (χ0n) is 13.1. The van der Waals surface area contributed by atoms with Gasteiger partial charge in [0, 0.05) is 21.7 Å². The van der Waals surface area contributed by atoms with Gasteiger partial charge >= 0.3 is 0 Å². The smallest absolute Gasteiger partial charge is 0.259 e. The molecule has 0 unspecified atom stereocenters. The van der Waals surface area contributed by atoms with Crippen LogP contribution in [-0.2, 0) is 0 Å². The second kappa shape index (κ2) is 4.30. The number of amides is 2. The summed E-state index contributed by atoms with van der Waals surface area (Å²) in [5.41, 5.74) is 2.64. The Hall–Kier alpha value is -3.54. The number of nitrogens with one attached hydrogen (secondary N) is 2. The summed E-state index contributed by atoms with van der Waals surface area (Å²) in [5, 5.41) is 24.9. The Balaban J connectivity index is 2.21. The van der Waals surface area contributed by atoms with E-state index in [1.54, 1.807) is 0 Å². The number of imide groups is 1. The third kappa shape index (κ3) is 1.58. The molecule has 0 fully saturated rings. The van der Waals surface area contributed by atoms with Gasteiger partial charge in [0.15, 0.2) is 0 Å². The molecular weight excluding hydrogens is 320 g/mol. The fourth-order valence-electron chi connectivity index (χ4n) is 3.77. The lowest BCUT2D eigenvalue weighted by Gasteiger charge is -2.09. The molecule has 1 aliphatic heterocycles. The average Bonchev–Trinajstić information content (AvgIpc) is 3.07. The second-order valence-electron chi connectivity index (χ2n) is 6.31. The van der Waals surface area contributed by atoms with E-state index < -0.39 is 11.8 Å². The van der Waals surface area contributed by atoms with Crippen molar-refractivity contribution in [3.63, 3.8) is 0 Å². The molecule has 2 heterocycles. The van der Waals surface area contributed by atoms with E-state index >= 15 is 0 Å². The number of aromatic nitrogens is 1. The number of hydrogen-bond donors (Lipinski definition) is 4. The summed E-state index contributed by atoms with van der Waals surface area (Å²) in [7, 11) is 0. The molecule has 1 aromatic heterocycles. The van der Waals surface area contributed by atoms with Crippen molar-refractivity contribution < 1.29 is 19.8 Å². The third-order valence-corrected chi connectivity index (χ3v) is 4.80. The quantitative estimate of drug-likeness (QED) is 0.293. The first-order chi connectivity index (χ1) is 12.0. The van der Waals surface area contributed by atoms with Crippen LogP contribution in [0.4, 0.5) is 0 Å². The first-order valence-electron chi connectivity index (χ1n) is 7.75. The molecule has 0 atom stereocenters. The van der Waals surface area contributed by atoms with Crippen LogP contribution in [0.1, 0.15) is 26.3 Å². The lowest BCUT2D eigenvalue weighted by Crippen LogP contribution is -2.20. The number of phenols is 2. The highest BCUT2D eigenvalue weighted by molar-refractivity contribution is 6.37. The minimum absolute atomic E-state index is 0.0731. The second-order valence-corrected chi connectivity index (χ2v) is 6.31. The van der Waals surface area contributed by atoms with Gasteiger partial charge in [-0.1, -0.05) is 11.6 Å². The molecule has 3 aromatic carbocycles. The van der Waals surface area contributed by atoms with E-state index in [0.717, 1.165) is 16.5 Å². The molecule has 6 nitrogen and oxygen atoms in total. The van der Waals surface area contributed by atoms with Crippen LogP contribution in [0.3, 0.4) is 0 Å². The number of H-pyrrole nitrogens is 1. The number of benzene rings is 3. The van der Waals surface area contributed by atoms with Crippen molar-refractivity contribution in [3.05, 3.63) is 47.0 Å². The predicted octanol–water partition coefficient (Wildman–Crippen LogP) is 3.08. The van der Waals surface area contributed by atoms with Gasteiger partial charge in [-0.15, -0.1) is 0 Å². The Morgan fingerprint density at radius 2 is 1.48 bits per heavy atom. The highest BCUT2D eigenvalue weighted by atomic mass is 16.3. The Morgan fingerprint density at radius 3 is 2.20 bits per heavy atom. The van der Waals surface area contributed by atoms with Gasteiger partial charge in [-0.3, -0.25) is 14.9 Å². The van der Waals surface area contributed by atoms with Crippen molar-refractivity contribution in [2.75, 3.05) is 0 Å². The fraction of sp³-hybridized carbons (Fsp3) is 0.0526. The van der Waals surface area contributed by atoms with E-state index in [4.69, 9.17) is 0 Å². The topological polar surface area (TPSA) is 102 Å². The van der Waals surface area contributed by atoms with Crippen LogP contribution < -0.4 is 5.32 Å². The van der Waals surface area contributed by atoms with Crippen LogP contribution in [0.25, 0.3) is 32.6 Å². The highest BCUT2D eigenvalue weighted by Crippen LogP contribution is 2.45. The first-order valence-corrected chi connectivity index (χ1v) is 7.75. The molecule has 5 rings (SSSR count). The van der Waals surface area contributed by atoms with Crippen LogP contribution in [0.15, 0.2) is 30.3 Å². The number of aromatic amines is 1. The van der Waals surface area contributed by atoms with Crippen LogP contribution in [0.2, 0.25) is 0 Å². The Kier molecular flexibility index (Phi) is 2.38. The molecule has 25 heavy (non-hydrogen) atoms. The summed E-state index contributed by atoms with van der Waals surface area (Å²) >= 11 is 0. The number of aryl methyl sites for hydroxylation is 1. The Bertz CT molecular complexity index is 1280. The van der Waals surface area contributed by atoms with Gasteiger partial charge in [-0.2, -0.15) is 0 Å². The average molecular weight is 332 g/mol. The summed E-state index contributed by atoms with van der Waals surface area (Å²) in [4.78, 5) is 28.1. The van der Waals surface area contributed by atoms with Gasteiger partial charge in [0.05, 0.1) is 22.0 Å². The number of hydrogen-bond acceptors (Lipinski definition) is 4. The standard InChI is InChI=1S/C19H12N2O4/c1-7-2-3-9-8(6-7)12-15-16(19(25)21-18(15)24)13-10(22)4-5-11(23)14(13)17(12)20-9/h2-6,20,22-23H,1H3,(H,21,24,25). The van der Waals surface area contributed by atoms with Gasteiger partial charge in [0.25, 0.3) is 11.8 Å². The fourth-order valence-corrected chi connectivity index (χ4v) is 3.77. The number of fused-ring (bicyclic) bond motifs is 8. The molecule has 0 bridgehead atoms. The number of phenolic OH excluding ortho intramolecular Hbond substituents is 2. The number of carbonyl (C=O) groups is 2. The lowest BCUT2D eigenvalue weighted by molar-refractivity contribution is 0.0880. The van der Waals surface area contributed by atoms with E-state index in [2.05, 4.69) is 10.3 Å². The van der Waals surface area contributed by atoms with Crippen molar-refractivity contribution in [1.82, 2.24) is 10.3 Å². The van der Waals surface area contributed by atoms with Crippen molar-refractivity contribution in [2.45, 2.75) is 6.92 Å². The van der Waals surface area contributed by atoms with E-state index in [1.807, 2.05) is 25.1 Å². The monoisotopic (exact) mass is 332 g/mol.